The second-order valence-corrected chi connectivity index (χ2v) is 7.20. The van der Waals surface area contributed by atoms with Crippen LogP contribution >= 0.6 is 15.9 Å². The summed E-state index contributed by atoms with van der Waals surface area (Å²) in [6, 6.07) is 8.26. The quantitative estimate of drug-likeness (QED) is 0.901. The molecule has 1 aromatic heterocycles. The summed E-state index contributed by atoms with van der Waals surface area (Å²) in [5, 5.41) is 4.76. The molecule has 1 aliphatic heterocycles. The molecule has 0 unspecified atom stereocenters. The Morgan fingerprint density at radius 1 is 1.27 bits per heavy atom. The number of nitrogens with zero attached hydrogens (tertiary/aromatic N) is 2. The van der Waals surface area contributed by atoms with Crippen LogP contribution in [-0.2, 0) is 4.74 Å². The van der Waals surface area contributed by atoms with Crippen LogP contribution in [0.25, 0.3) is 10.9 Å². The fraction of sp³-hybridized carbons (Fsp3) is 0.471. The largest absolute Gasteiger partial charge is 0.383 e. The third-order valence-electron chi connectivity index (χ3n) is 4.28. The van der Waals surface area contributed by atoms with E-state index in [1.807, 2.05) is 18.3 Å². The first kappa shape index (κ1) is 15.7. The Labute approximate surface area is 140 Å². The van der Waals surface area contributed by atoms with Gasteiger partial charge in [0.25, 0.3) is 0 Å². The molecule has 118 valence electrons. The van der Waals surface area contributed by atoms with Crippen LogP contribution < -0.4 is 5.32 Å². The van der Waals surface area contributed by atoms with Crippen LogP contribution in [0, 0.1) is 0 Å². The van der Waals surface area contributed by atoms with Crippen LogP contribution in [0.15, 0.2) is 34.9 Å². The molecule has 1 aromatic carbocycles. The van der Waals surface area contributed by atoms with Crippen LogP contribution in [0.2, 0.25) is 0 Å². The Hall–Kier alpha value is -1.17. The molecular formula is C17H22BrN3O. The van der Waals surface area contributed by atoms with E-state index in [2.05, 4.69) is 57.1 Å². The van der Waals surface area contributed by atoms with Crippen molar-refractivity contribution in [2.45, 2.75) is 19.4 Å². The van der Waals surface area contributed by atoms with Gasteiger partial charge in [-0.05, 0) is 38.1 Å². The maximum Gasteiger partial charge on any atom is 0.0733 e. The zero-order valence-corrected chi connectivity index (χ0v) is 14.7. The number of pyridine rings is 1. The molecule has 0 bridgehead atoms. The van der Waals surface area contributed by atoms with Gasteiger partial charge in [-0.15, -0.1) is 0 Å². The molecule has 0 saturated carbocycles. The highest BCUT2D eigenvalue weighted by Crippen LogP contribution is 2.26. The summed E-state index contributed by atoms with van der Waals surface area (Å²) in [4.78, 5) is 6.93. The lowest BCUT2D eigenvalue weighted by atomic mass is 10.0. The first-order valence-electron chi connectivity index (χ1n) is 7.67. The number of ether oxygens (including phenoxy) is 1. The molecule has 0 spiro atoms. The fourth-order valence-corrected chi connectivity index (χ4v) is 3.22. The number of hydrogen-bond acceptors (Lipinski definition) is 4. The minimum Gasteiger partial charge on any atom is -0.383 e. The van der Waals surface area contributed by atoms with Gasteiger partial charge >= 0.3 is 0 Å². The topological polar surface area (TPSA) is 37.4 Å². The van der Waals surface area contributed by atoms with Crippen LogP contribution in [0.3, 0.4) is 0 Å². The minimum absolute atomic E-state index is 0.0920. The number of rotatable bonds is 4. The van der Waals surface area contributed by atoms with Crippen molar-refractivity contribution < 1.29 is 4.74 Å². The van der Waals surface area contributed by atoms with E-state index in [-0.39, 0.29) is 5.54 Å². The zero-order chi connectivity index (χ0) is 15.6. The van der Waals surface area contributed by atoms with Gasteiger partial charge in [0.05, 0.1) is 18.7 Å². The summed E-state index contributed by atoms with van der Waals surface area (Å²) in [7, 11) is 0. The predicted octanol–water partition coefficient (Wildman–Crippen LogP) is 3.52. The van der Waals surface area contributed by atoms with Gasteiger partial charge < -0.3 is 10.1 Å². The lowest BCUT2D eigenvalue weighted by Crippen LogP contribution is -2.53. The Morgan fingerprint density at radius 3 is 2.82 bits per heavy atom. The van der Waals surface area contributed by atoms with E-state index in [1.54, 1.807) is 0 Å². The number of halogens is 1. The molecule has 2 aromatic rings. The molecule has 0 aliphatic carbocycles. The van der Waals surface area contributed by atoms with E-state index in [0.29, 0.717) is 0 Å². The normalized spacial score (nSPS) is 16.9. The number of aromatic nitrogens is 1. The molecule has 0 atom stereocenters. The number of hydrogen-bond donors (Lipinski definition) is 1. The lowest BCUT2D eigenvalue weighted by Gasteiger charge is -2.41. The molecule has 4 nitrogen and oxygen atoms in total. The van der Waals surface area contributed by atoms with E-state index in [1.165, 1.54) is 0 Å². The second-order valence-electron chi connectivity index (χ2n) is 6.29. The average molecular weight is 364 g/mol. The Morgan fingerprint density at radius 2 is 2.05 bits per heavy atom. The number of fused-ring (bicyclic) bond motifs is 1. The van der Waals surface area contributed by atoms with Crippen LogP contribution in [-0.4, -0.2) is 48.3 Å². The molecule has 1 aliphatic rings. The van der Waals surface area contributed by atoms with Crippen molar-refractivity contribution in [3.63, 3.8) is 0 Å². The Bertz CT molecular complexity index is 653. The molecule has 0 amide bonds. The number of nitrogens with one attached hydrogen (secondary N) is 1. The van der Waals surface area contributed by atoms with Crippen molar-refractivity contribution in [3.05, 3.63) is 34.9 Å². The molecule has 1 fully saturated rings. The van der Waals surface area contributed by atoms with Crippen molar-refractivity contribution in [2.75, 3.05) is 38.2 Å². The average Bonchev–Trinajstić information content (AvgIpc) is 2.53. The summed E-state index contributed by atoms with van der Waals surface area (Å²) >= 11 is 3.50. The van der Waals surface area contributed by atoms with E-state index in [4.69, 9.17) is 4.74 Å². The minimum atomic E-state index is 0.0920. The van der Waals surface area contributed by atoms with Crippen molar-refractivity contribution in [1.82, 2.24) is 9.88 Å². The molecule has 3 rings (SSSR count). The summed E-state index contributed by atoms with van der Waals surface area (Å²) < 4.78 is 6.51. The summed E-state index contributed by atoms with van der Waals surface area (Å²) in [6.07, 6.45) is 1.86. The summed E-state index contributed by atoms with van der Waals surface area (Å²) in [5.41, 5.74) is 2.23. The fourth-order valence-electron chi connectivity index (χ4n) is 2.87. The monoisotopic (exact) mass is 363 g/mol. The third kappa shape index (κ3) is 3.42. The van der Waals surface area contributed by atoms with Crippen molar-refractivity contribution in [2.24, 2.45) is 0 Å². The maximum absolute atomic E-state index is 5.45. The van der Waals surface area contributed by atoms with Crippen LogP contribution in [0.4, 0.5) is 5.69 Å². The van der Waals surface area contributed by atoms with Crippen molar-refractivity contribution in [3.8, 4) is 0 Å². The van der Waals surface area contributed by atoms with Gasteiger partial charge in [-0.3, -0.25) is 9.88 Å². The number of benzene rings is 1. The Balaban J connectivity index is 1.75. The van der Waals surface area contributed by atoms with Gasteiger partial charge in [-0.25, -0.2) is 0 Å². The van der Waals surface area contributed by atoms with Gasteiger partial charge in [-0.1, -0.05) is 15.9 Å². The van der Waals surface area contributed by atoms with Crippen molar-refractivity contribution in [1.29, 1.82) is 0 Å². The van der Waals surface area contributed by atoms with E-state index in [9.17, 15) is 0 Å². The highest BCUT2D eigenvalue weighted by molar-refractivity contribution is 9.10. The van der Waals surface area contributed by atoms with Crippen LogP contribution in [0.5, 0.6) is 0 Å². The van der Waals surface area contributed by atoms with Gasteiger partial charge in [0.15, 0.2) is 0 Å². The first-order chi connectivity index (χ1) is 10.6. The molecule has 5 heteroatoms. The van der Waals surface area contributed by atoms with Crippen LogP contribution in [0.1, 0.15) is 13.8 Å². The standard InChI is InChI=1S/C17H22BrN3O/c1-17(2,21-7-9-22-10-8-21)12-20-15-5-6-19-16-11-13(18)3-4-14(15)16/h3-6,11H,7-10,12H2,1-2H3,(H,19,20). The highest BCUT2D eigenvalue weighted by atomic mass is 79.9. The summed E-state index contributed by atoms with van der Waals surface area (Å²) in [6.45, 7) is 9.11. The second kappa shape index (κ2) is 6.52. The van der Waals surface area contributed by atoms with Gasteiger partial charge in [-0.2, -0.15) is 0 Å². The molecule has 2 heterocycles. The smallest absolute Gasteiger partial charge is 0.0733 e. The highest BCUT2D eigenvalue weighted by Gasteiger charge is 2.28. The summed E-state index contributed by atoms with van der Waals surface area (Å²) in [5.74, 6) is 0. The van der Waals surface area contributed by atoms with Gasteiger partial charge in [0, 0.05) is 46.9 Å². The SMILES string of the molecule is CC(C)(CNc1ccnc2cc(Br)ccc12)N1CCOCC1. The predicted molar refractivity (Wildman–Crippen MR) is 94.4 cm³/mol. The van der Waals surface area contributed by atoms with E-state index < -0.39 is 0 Å². The third-order valence-corrected chi connectivity index (χ3v) is 4.78. The molecule has 0 radical (unpaired) electrons. The Kier molecular flexibility index (Phi) is 4.66. The zero-order valence-electron chi connectivity index (χ0n) is 13.1. The number of anilines is 1. The maximum atomic E-state index is 5.45. The van der Waals surface area contributed by atoms with E-state index in [0.717, 1.165) is 53.9 Å². The molecule has 1 N–H and O–H groups in total. The molecule has 22 heavy (non-hydrogen) atoms. The molecule has 1 saturated heterocycles. The first-order valence-corrected chi connectivity index (χ1v) is 8.46. The van der Waals surface area contributed by atoms with E-state index >= 15 is 0 Å². The number of morpholine rings is 1. The molecular weight excluding hydrogens is 342 g/mol. The van der Waals surface area contributed by atoms with Gasteiger partial charge in [0.2, 0.25) is 0 Å². The lowest BCUT2D eigenvalue weighted by molar-refractivity contribution is -0.00567. The van der Waals surface area contributed by atoms with Gasteiger partial charge in [0.1, 0.15) is 0 Å². The van der Waals surface area contributed by atoms with Crippen molar-refractivity contribution >= 4 is 32.5 Å².